The van der Waals surface area contributed by atoms with Gasteiger partial charge in [0.05, 0.1) is 23.4 Å². The van der Waals surface area contributed by atoms with Crippen molar-refractivity contribution < 1.29 is 24.9 Å². The molecule has 0 bridgehead atoms. The summed E-state index contributed by atoms with van der Waals surface area (Å²) in [4.78, 5) is 11.4. The highest BCUT2D eigenvalue weighted by Crippen LogP contribution is 2.35. The van der Waals surface area contributed by atoms with Crippen LogP contribution in [0.5, 0.6) is 0 Å². The monoisotopic (exact) mass is 595 g/mol. The van der Waals surface area contributed by atoms with E-state index in [9.17, 15) is 20.1 Å². The Balaban J connectivity index is 2.40. The van der Waals surface area contributed by atoms with Crippen LogP contribution in [0, 0.1) is 23.7 Å². The van der Waals surface area contributed by atoms with E-state index in [1.807, 2.05) is 20.8 Å². The SMILES string of the molecule is CCCCCCCCOC1C(CCC(C)CCCC(C)(O)CCCC(C)(O)CCCC(C)C(C)=O)=CC(O)C(C)C1C. The Hall–Kier alpha value is -0.750. The molecule has 8 unspecified atom stereocenters. The fraction of sp³-hybridized carbons (Fsp3) is 0.919. The molecular formula is C37H70O5. The molecular weight excluding hydrogens is 524 g/mol. The summed E-state index contributed by atoms with van der Waals surface area (Å²) < 4.78 is 6.45. The first-order valence-corrected chi connectivity index (χ1v) is 17.6. The maximum Gasteiger partial charge on any atom is 0.132 e. The zero-order valence-electron chi connectivity index (χ0n) is 28.9. The van der Waals surface area contributed by atoms with Gasteiger partial charge >= 0.3 is 0 Å². The highest BCUT2D eigenvalue weighted by molar-refractivity contribution is 5.77. The molecule has 0 aromatic heterocycles. The van der Waals surface area contributed by atoms with Crippen molar-refractivity contribution in [3.63, 3.8) is 0 Å². The van der Waals surface area contributed by atoms with Crippen molar-refractivity contribution in [2.45, 2.75) is 188 Å². The summed E-state index contributed by atoms with van der Waals surface area (Å²) in [5.74, 6) is 1.35. The number of carbonyl (C=O) groups excluding carboxylic acids is 1. The van der Waals surface area contributed by atoms with Crippen LogP contribution in [0.3, 0.4) is 0 Å². The fourth-order valence-corrected chi connectivity index (χ4v) is 6.45. The van der Waals surface area contributed by atoms with E-state index in [2.05, 4.69) is 33.8 Å². The standard InChI is InChI=1S/C37H70O5/c1-9-10-11-12-13-14-26-42-35-31(5)30(4)34(39)27-33(35)21-20-28(2)18-15-22-36(7,40)24-17-25-37(8,41)23-16-19-29(3)32(6)38/h27-31,34-35,39-41H,9-26H2,1-8H3. The highest BCUT2D eigenvalue weighted by atomic mass is 16.5. The topological polar surface area (TPSA) is 87.0 Å². The van der Waals surface area contributed by atoms with E-state index >= 15 is 0 Å². The Morgan fingerprint density at radius 1 is 0.833 bits per heavy atom. The molecule has 0 saturated carbocycles. The van der Waals surface area contributed by atoms with Crippen LogP contribution in [0.1, 0.15) is 165 Å². The van der Waals surface area contributed by atoms with Crippen LogP contribution in [0.4, 0.5) is 0 Å². The lowest BCUT2D eigenvalue weighted by molar-refractivity contribution is -0.120. The van der Waals surface area contributed by atoms with Crippen molar-refractivity contribution in [3.8, 4) is 0 Å². The Morgan fingerprint density at radius 3 is 1.98 bits per heavy atom. The smallest absolute Gasteiger partial charge is 0.132 e. The predicted octanol–water partition coefficient (Wildman–Crippen LogP) is 8.96. The highest BCUT2D eigenvalue weighted by Gasteiger charge is 2.34. The van der Waals surface area contributed by atoms with Crippen LogP contribution in [0.2, 0.25) is 0 Å². The van der Waals surface area contributed by atoms with Gasteiger partial charge in [0.1, 0.15) is 5.78 Å². The number of rotatable bonds is 24. The third-order valence-corrected chi connectivity index (χ3v) is 10.2. The Bertz CT molecular complexity index is 757. The van der Waals surface area contributed by atoms with E-state index in [-0.39, 0.29) is 29.8 Å². The summed E-state index contributed by atoms with van der Waals surface area (Å²) in [6, 6.07) is 0. The first-order chi connectivity index (χ1) is 19.7. The molecule has 1 aliphatic rings. The average molecular weight is 595 g/mol. The number of aliphatic hydroxyl groups excluding tert-OH is 1. The van der Waals surface area contributed by atoms with Crippen molar-refractivity contribution in [1.29, 1.82) is 0 Å². The zero-order chi connectivity index (χ0) is 31.8. The number of hydrogen-bond donors (Lipinski definition) is 3. The molecule has 5 heteroatoms. The first-order valence-electron chi connectivity index (χ1n) is 17.6. The van der Waals surface area contributed by atoms with Gasteiger partial charge in [0, 0.05) is 12.5 Å². The molecule has 0 saturated heterocycles. The number of unbranched alkanes of at least 4 members (excludes halogenated alkanes) is 5. The van der Waals surface area contributed by atoms with Crippen LogP contribution >= 0.6 is 0 Å². The molecule has 0 fully saturated rings. The lowest BCUT2D eigenvalue weighted by Crippen LogP contribution is -2.39. The summed E-state index contributed by atoms with van der Waals surface area (Å²) in [5, 5.41) is 32.4. The van der Waals surface area contributed by atoms with Crippen molar-refractivity contribution in [1.82, 2.24) is 0 Å². The van der Waals surface area contributed by atoms with Crippen molar-refractivity contribution in [3.05, 3.63) is 11.6 Å². The van der Waals surface area contributed by atoms with Gasteiger partial charge in [-0.25, -0.2) is 0 Å². The second-order valence-electron chi connectivity index (χ2n) is 14.8. The van der Waals surface area contributed by atoms with Gasteiger partial charge in [-0.05, 0) is 108 Å². The van der Waals surface area contributed by atoms with Crippen molar-refractivity contribution in [2.24, 2.45) is 23.7 Å². The molecule has 0 aromatic carbocycles. The number of ether oxygens (including phenoxy) is 1. The molecule has 248 valence electrons. The molecule has 0 aliphatic heterocycles. The second kappa shape index (κ2) is 20.3. The van der Waals surface area contributed by atoms with Gasteiger partial charge in [-0.3, -0.25) is 4.79 Å². The number of aliphatic hydroxyl groups is 3. The molecule has 42 heavy (non-hydrogen) atoms. The first kappa shape index (κ1) is 39.3. The summed E-state index contributed by atoms with van der Waals surface area (Å²) in [5.41, 5.74) is -0.176. The van der Waals surface area contributed by atoms with Crippen LogP contribution in [0.15, 0.2) is 11.6 Å². The summed E-state index contributed by atoms with van der Waals surface area (Å²) in [7, 11) is 0. The minimum Gasteiger partial charge on any atom is -0.390 e. The minimum atomic E-state index is -0.742. The summed E-state index contributed by atoms with van der Waals surface area (Å²) >= 11 is 0. The molecule has 0 aromatic rings. The van der Waals surface area contributed by atoms with Crippen molar-refractivity contribution in [2.75, 3.05) is 6.61 Å². The molecule has 5 nitrogen and oxygen atoms in total. The van der Waals surface area contributed by atoms with E-state index in [0.29, 0.717) is 31.1 Å². The van der Waals surface area contributed by atoms with Gasteiger partial charge in [-0.1, -0.05) is 85.6 Å². The molecule has 0 radical (unpaired) electrons. The fourth-order valence-electron chi connectivity index (χ4n) is 6.45. The minimum absolute atomic E-state index is 0.0619. The lowest BCUT2D eigenvalue weighted by atomic mass is 9.76. The Kier molecular flexibility index (Phi) is 19.0. The Morgan fingerprint density at radius 2 is 1.38 bits per heavy atom. The predicted molar refractivity (Wildman–Crippen MR) is 177 cm³/mol. The zero-order valence-corrected chi connectivity index (χ0v) is 28.9. The molecule has 3 N–H and O–H groups in total. The summed E-state index contributed by atoms with van der Waals surface area (Å²) in [6.45, 7) is 17.1. The largest absolute Gasteiger partial charge is 0.390 e. The van der Waals surface area contributed by atoms with Crippen LogP contribution < -0.4 is 0 Å². The van der Waals surface area contributed by atoms with Gasteiger partial charge in [0.15, 0.2) is 0 Å². The van der Waals surface area contributed by atoms with Gasteiger partial charge in [-0.15, -0.1) is 0 Å². The molecule has 0 spiro atoms. The Labute approximate surface area is 260 Å². The lowest BCUT2D eigenvalue weighted by Gasteiger charge is -2.38. The third-order valence-electron chi connectivity index (χ3n) is 10.2. The number of carbonyl (C=O) groups is 1. The maximum atomic E-state index is 11.4. The van der Waals surface area contributed by atoms with Crippen molar-refractivity contribution >= 4 is 5.78 Å². The maximum absolute atomic E-state index is 11.4. The van der Waals surface area contributed by atoms with E-state index in [4.69, 9.17) is 4.74 Å². The van der Waals surface area contributed by atoms with E-state index in [1.165, 1.54) is 37.7 Å². The average Bonchev–Trinajstić information content (AvgIpc) is 2.90. The normalized spacial score (nSPS) is 25.4. The van der Waals surface area contributed by atoms with E-state index in [1.54, 1.807) is 6.92 Å². The molecule has 1 rings (SSSR count). The van der Waals surface area contributed by atoms with Crippen LogP contribution in [-0.2, 0) is 9.53 Å². The second-order valence-corrected chi connectivity index (χ2v) is 14.8. The number of Topliss-reactive ketones (excluding diaryl/α,β-unsaturated/α-hetero) is 1. The molecule has 0 heterocycles. The quantitative estimate of drug-likeness (QED) is 0.0767. The molecule has 8 atom stereocenters. The summed E-state index contributed by atoms with van der Waals surface area (Å²) in [6.07, 6.45) is 18.8. The van der Waals surface area contributed by atoms with E-state index in [0.717, 1.165) is 64.4 Å². The number of ketones is 1. The van der Waals surface area contributed by atoms with Crippen LogP contribution in [0.25, 0.3) is 0 Å². The van der Waals surface area contributed by atoms with Gasteiger partial charge in [-0.2, -0.15) is 0 Å². The van der Waals surface area contributed by atoms with E-state index < -0.39 is 11.2 Å². The molecule has 0 amide bonds. The molecule has 1 aliphatic carbocycles. The third kappa shape index (κ3) is 16.4. The van der Waals surface area contributed by atoms with Crippen LogP contribution in [-0.4, -0.2) is 51.1 Å². The van der Waals surface area contributed by atoms with Gasteiger partial charge in [0.2, 0.25) is 0 Å². The number of hydrogen-bond acceptors (Lipinski definition) is 5. The van der Waals surface area contributed by atoms with Gasteiger partial charge < -0.3 is 20.1 Å². The van der Waals surface area contributed by atoms with Gasteiger partial charge in [0.25, 0.3) is 0 Å².